The molecule has 17 heavy (non-hydrogen) atoms. The second-order valence-electron chi connectivity index (χ2n) is 5.15. The lowest BCUT2D eigenvalue weighted by Crippen LogP contribution is -2.42. The number of hydrogen-bond acceptors (Lipinski definition) is 4. The third-order valence-corrected chi connectivity index (χ3v) is 4.22. The Balaban J connectivity index is 2.29. The van der Waals surface area contributed by atoms with Gasteiger partial charge >= 0.3 is 0 Å². The van der Waals surface area contributed by atoms with Gasteiger partial charge in [-0.05, 0) is 19.8 Å². The van der Waals surface area contributed by atoms with Gasteiger partial charge in [-0.3, -0.25) is 0 Å². The summed E-state index contributed by atoms with van der Waals surface area (Å²) in [4.78, 5) is 0. The SMILES string of the molecule is CC(C)NCCS(=O)(=O)NCC1(C)CCCO1. The minimum absolute atomic E-state index is 0.112. The lowest BCUT2D eigenvalue weighted by molar-refractivity contribution is 0.0250. The van der Waals surface area contributed by atoms with Gasteiger partial charge in [-0.2, -0.15) is 0 Å². The molecule has 0 aromatic rings. The number of ether oxygens (including phenoxy) is 1. The summed E-state index contributed by atoms with van der Waals surface area (Å²) in [5.74, 6) is 0.112. The predicted molar refractivity (Wildman–Crippen MR) is 68.5 cm³/mol. The molecule has 1 saturated heterocycles. The molecule has 5 nitrogen and oxygen atoms in total. The van der Waals surface area contributed by atoms with E-state index >= 15 is 0 Å². The summed E-state index contributed by atoms with van der Waals surface area (Å²) in [6.07, 6.45) is 1.92. The second kappa shape index (κ2) is 6.13. The van der Waals surface area contributed by atoms with Gasteiger partial charge < -0.3 is 10.1 Å². The van der Waals surface area contributed by atoms with E-state index in [1.165, 1.54) is 0 Å². The monoisotopic (exact) mass is 264 g/mol. The molecule has 0 saturated carbocycles. The quantitative estimate of drug-likeness (QED) is 0.701. The van der Waals surface area contributed by atoms with Crippen LogP contribution < -0.4 is 10.0 Å². The van der Waals surface area contributed by atoms with E-state index in [0.29, 0.717) is 19.1 Å². The van der Waals surface area contributed by atoms with Crippen LogP contribution in [0, 0.1) is 0 Å². The molecule has 1 aliphatic rings. The summed E-state index contributed by atoms with van der Waals surface area (Å²) in [5, 5.41) is 3.09. The van der Waals surface area contributed by atoms with Crippen molar-refractivity contribution >= 4 is 10.0 Å². The molecule has 1 aliphatic heterocycles. The van der Waals surface area contributed by atoms with Gasteiger partial charge in [-0.1, -0.05) is 13.8 Å². The minimum atomic E-state index is -3.20. The van der Waals surface area contributed by atoms with Crippen LogP contribution in [0.15, 0.2) is 0 Å². The van der Waals surface area contributed by atoms with Crippen molar-refractivity contribution in [2.45, 2.75) is 45.3 Å². The molecule has 1 heterocycles. The van der Waals surface area contributed by atoms with Gasteiger partial charge in [0.2, 0.25) is 10.0 Å². The molecule has 0 aliphatic carbocycles. The molecule has 6 heteroatoms. The van der Waals surface area contributed by atoms with Gasteiger partial charge in [0, 0.05) is 25.7 Å². The summed E-state index contributed by atoms with van der Waals surface area (Å²) >= 11 is 0. The maximum absolute atomic E-state index is 11.7. The van der Waals surface area contributed by atoms with Crippen LogP contribution >= 0.6 is 0 Å². The van der Waals surface area contributed by atoms with Crippen LogP contribution in [-0.4, -0.2) is 45.5 Å². The number of nitrogens with one attached hydrogen (secondary N) is 2. The number of rotatable bonds is 7. The van der Waals surface area contributed by atoms with Crippen molar-refractivity contribution in [2.24, 2.45) is 0 Å². The van der Waals surface area contributed by atoms with Gasteiger partial charge in [0.05, 0.1) is 11.4 Å². The van der Waals surface area contributed by atoms with E-state index in [0.717, 1.165) is 19.4 Å². The second-order valence-corrected chi connectivity index (χ2v) is 7.08. The Morgan fingerprint density at radius 2 is 2.12 bits per heavy atom. The third-order valence-electron chi connectivity index (χ3n) is 2.89. The van der Waals surface area contributed by atoms with E-state index in [9.17, 15) is 8.42 Å². The molecule has 0 bridgehead atoms. The standard InChI is InChI=1S/C11H24N2O3S/c1-10(2)12-6-8-17(14,15)13-9-11(3)5-4-7-16-11/h10,12-13H,4-9H2,1-3H3. The minimum Gasteiger partial charge on any atom is -0.374 e. The Kier molecular flexibility index (Phi) is 5.37. The summed E-state index contributed by atoms with van der Waals surface area (Å²) in [7, 11) is -3.20. The lowest BCUT2D eigenvalue weighted by atomic mass is 10.0. The van der Waals surface area contributed by atoms with E-state index in [1.807, 2.05) is 20.8 Å². The molecule has 1 fully saturated rings. The molecule has 0 amide bonds. The largest absolute Gasteiger partial charge is 0.374 e. The van der Waals surface area contributed by atoms with Gasteiger partial charge in [0.15, 0.2) is 0 Å². The predicted octanol–water partition coefficient (Wildman–Crippen LogP) is 0.473. The molecule has 1 rings (SSSR count). The fraction of sp³-hybridized carbons (Fsp3) is 1.00. The fourth-order valence-electron chi connectivity index (χ4n) is 1.79. The van der Waals surface area contributed by atoms with Crippen LogP contribution in [0.5, 0.6) is 0 Å². The highest BCUT2D eigenvalue weighted by atomic mass is 32.2. The zero-order valence-corrected chi connectivity index (χ0v) is 11.8. The Labute approximate surface area is 104 Å². The Morgan fingerprint density at radius 3 is 2.65 bits per heavy atom. The zero-order valence-electron chi connectivity index (χ0n) is 11.0. The molecule has 0 radical (unpaired) electrons. The van der Waals surface area contributed by atoms with Crippen LogP contribution in [0.2, 0.25) is 0 Å². The molecule has 0 aromatic heterocycles. The van der Waals surface area contributed by atoms with E-state index in [2.05, 4.69) is 10.0 Å². The van der Waals surface area contributed by atoms with Crippen molar-refractivity contribution in [1.82, 2.24) is 10.0 Å². The van der Waals surface area contributed by atoms with Crippen molar-refractivity contribution in [3.05, 3.63) is 0 Å². The third kappa shape index (κ3) is 5.81. The number of sulfonamides is 1. The molecule has 1 atom stereocenters. The van der Waals surface area contributed by atoms with Crippen molar-refractivity contribution < 1.29 is 13.2 Å². The number of hydrogen-bond donors (Lipinski definition) is 2. The average Bonchev–Trinajstić information content (AvgIpc) is 2.63. The summed E-state index contributed by atoms with van der Waals surface area (Å²) in [6, 6.07) is 0.306. The average molecular weight is 264 g/mol. The molecule has 0 aromatic carbocycles. The first kappa shape index (κ1) is 14.9. The molecule has 1 unspecified atom stereocenters. The first-order chi connectivity index (χ1) is 7.83. The van der Waals surface area contributed by atoms with Crippen LogP contribution in [-0.2, 0) is 14.8 Å². The van der Waals surface area contributed by atoms with Crippen molar-refractivity contribution in [3.63, 3.8) is 0 Å². The van der Waals surface area contributed by atoms with Crippen LogP contribution in [0.25, 0.3) is 0 Å². The molecular formula is C11H24N2O3S. The van der Waals surface area contributed by atoms with Gasteiger partial charge in [0.1, 0.15) is 0 Å². The molecule has 0 spiro atoms. The summed E-state index contributed by atoms with van der Waals surface area (Å²) < 4.78 is 31.6. The van der Waals surface area contributed by atoms with Gasteiger partial charge in [-0.15, -0.1) is 0 Å². The van der Waals surface area contributed by atoms with E-state index in [1.54, 1.807) is 0 Å². The Bertz CT molecular complexity index is 322. The maximum atomic E-state index is 11.7. The highest BCUT2D eigenvalue weighted by molar-refractivity contribution is 7.89. The normalized spacial score (nSPS) is 25.6. The van der Waals surface area contributed by atoms with Crippen molar-refractivity contribution in [1.29, 1.82) is 0 Å². The van der Waals surface area contributed by atoms with Crippen LogP contribution in [0.1, 0.15) is 33.6 Å². The first-order valence-corrected chi connectivity index (χ1v) is 7.83. The zero-order chi connectivity index (χ0) is 12.9. The Morgan fingerprint density at radius 1 is 1.41 bits per heavy atom. The van der Waals surface area contributed by atoms with Gasteiger partial charge in [-0.25, -0.2) is 13.1 Å². The van der Waals surface area contributed by atoms with Gasteiger partial charge in [0.25, 0.3) is 0 Å². The van der Waals surface area contributed by atoms with Crippen LogP contribution in [0.3, 0.4) is 0 Å². The molecule has 2 N–H and O–H groups in total. The topological polar surface area (TPSA) is 67.4 Å². The van der Waals surface area contributed by atoms with E-state index in [4.69, 9.17) is 4.74 Å². The maximum Gasteiger partial charge on any atom is 0.212 e. The smallest absolute Gasteiger partial charge is 0.212 e. The molecule has 102 valence electrons. The summed E-state index contributed by atoms with van der Waals surface area (Å²) in [6.45, 7) is 7.52. The highest BCUT2D eigenvalue weighted by Crippen LogP contribution is 2.23. The highest BCUT2D eigenvalue weighted by Gasteiger charge is 2.30. The first-order valence-electron chi connectivity index (χ1n) is 6.18. The van der Waals surface area contributed by atoms with E-state index in [-0.39, 0.29) is 11.4 Å². The fourth-order valence-corrected chi connectivity index (χ4v) is 2.85. The van der Waals surface area contributed by atoms with Crippen molar-refractivity contribution in [3.8, 4) is 0 Å². The summed E-state index contributed by atoms with van der Waals surface area (Å²) in [5.41, 5.74) is -0.321. The van der Waals surface area contributed by atoms with Crippen molar-refractivity contribution in [2.75, 3.05) is 25.4 Å². The molecular weight excluding hydrogens is 240 g/mol. The lowest BCUT2D eigenvalue weighted by Gasteiger charge is -2.23. The van der Waals surface area contributed by atoms with E-state index < -0.39 is 10.0 Å². The Hall–Kier alpha value is -0.170. The van der Waals surface area contributed by atoms with Crippen LogP contribution in [0.4, 0.5) is 0 Å².